The third-order valence-electron chi connectivity index (χ3n) is 2.92. The molecule has 5 nitrogen and oxygen atoms in total. The number of benzene rings is 1. The largest absolute Gasteiger partial charge is 0.492 e. The predicted molar refractivity (Wildman–Crippen MR) is 78.8 cm³/mol. The second kappa shape index (κ2) is 7.26. The molecule has 0 bridgehead atoms. The topological polar surface area (TPSA) is 66.0 Å². The first-order valence-electron chi connectivity index (χ1n) is 6.73. The Bertz CT molecular complexity index is 543. The van der Waals surface area contributed by atoms with Crippen molar-refractivity contribution in [2.75, 3.05) is 6.61 Å². The van der Waals surface area contributed by atoms with Crippen molar-refractivity contribution in [3.63, 3.8) is 0 Å². The van der Waals surface area contributed by atoms with Crippen LogP contribution >= 0.6 is 11.6 Å². The average Bonchev–Trinajstić information content (AvgIpc) is 2.88. The summed E-state index contributed by atoms with van der Waals surface area (Å²) in [5.41, 5.74) is 6.82. The van der Waals surface area contributed by atoms with Gasteiger partial charge in [0.2, 0.25) is 0 Å². The van der Waals surface area contributed by atoms with Gasteiger partial charge in [-0.15, -0.1) is 5.10 Å². The van der Waals surface area contributed by atoms with Crippen LogP contribution in [0.15, 0.2) is 30.5 Å². The van der Waals surface area contributed by atoms with Crippen LogP contribution in [-0.2, 0) is 6.54 Å². The molecule has 0 aliphatic heterocycles. The highest BCUT2D eigenvalue weighted by atomic mass is 35.5. The smallest absolute Gasteiger partial charge is 0.120 e. The summed E-state index contributed by atoms with van der Waals surface area (Å²) in [6.45, 7) is 3.23. The van der Waals surface area contributed by atoms with Crippen molar-refractivity contribution >= 4 is 11.6 Å². The summed E-state index contributed by atoms with van der Waals surface area (Å²) >= 11 is 5.89. The zero-order chi connectivity index (χ0) is 14.4. The quantitative estimate of drug-likeness (QED) is 0.853. The molecule has 1 aromatic heterocycles. The Morgan fingerprint density at radius 2 is 2.30 bits per heavy atom. The van der Waals surface area contributed by atoms with Crippen LogP contribution in [0.3, 0.4) is 0 Å². The minimum atomic E-state index is -0.0393. The maximum absolute atomic E-state index is 5.99. The van der Waals surface area contributed by atoms with Gasteiger partial charge in [-0.3, -0.25) is 0 Å². The van der Waals surface area contributed by atoms with Gasteiger partial charge in [-0.25, -0.2) is 4.68 Å². The zero-order valence-electron chi connectivity index (χ0n) is 11.5. The SMILES string of the molecule is CCCC(N)c1cn(CCOc2cccc(Cl)c2)nn1. The summed E-state index contributed by atoms with van der Waals surface area (Å²) in [5.74, 6) is 0.750. The van der Waals surface area contributed by atoms with Crippen molar-refractivity contribution in [2.24, 2.45) is 5.73 Å². The minimum Gasteiger partial charge on any atom is -0.492 e. The number of rotatable bonds is 7. The van der Waals surface area contributed by atoms with Crippen LogP contribution in [-0.4, -0.2) is 21.6 Å². The van der Waals surface area contributed by atoms with Gasteiger partial charge in [0.05, 0.1) is 24.5 Å². The molecule has 2 N–H and O–H groups in total. The van der Waals surface area contributed by atoms with Gasteiger partial charge in [0.1, 0.15) is 12.4 Å². The molecule has 20 heavy (non-hydrogen) atoms. The number of halogens is 1. The molecule has 0 amide bonds. The number of aromatic nitrogens is 3. The van der Waals surface area contributed by atoms with E-state index in [4.69, 9.17) is 22.1 Å². The van der Waals surface area contributed by atoms with E-state index in [0.717, 1.165) is 24.3 Å². The number of nitrogens with two attached hydrogens (primary N) is 1. The van der Waals surface area contributed by atoms with Gasteiger partial charge in [0.15, 0.2) is 0 Å². The fourth-order valence-corrected chi connectivity index (χ4v) is 2.05. The van der Waals surface area contributed by atoms with E-state index in [1.54, 1.807) is 10.7 Å². The summed E-state index contributed by atoms with van der Waals surface area (Å²) in [7, 11) is 0. The van der Waals surface area contributed by atoms with Gasteiger partial charge in [0, 0.05) is 5.02 Å². The standard InChI is InChI=1S/C14H19ClN4O/c1-2-4-13(16)14-10-19(18-17-14)7-8-20-12-6-3-5-11(15)9-12/h3,5-6,9-10,13H,2,4,7-8,16H2,1H3. The third-order valence-corrected chi connectivity index (χ3v) is 3.16. The first-order chi connectivity index (χ1) is 9.69. The van der Waals surface area contributed by atoms with Gasteiger partial charge in [-0.05, 0) is 24.6 Å². The van der Waals surface area contributed by atoms with Crippen LogP contribution in [0, 0.1) is 0 Å². The predicted octanol–water partition coefficient (Wildman–Crippen LogP) is 2.81. The molecule has 2 aromatic rings. The Hall–Kier alpha value is -1.59. The Morgan fingerprint density at radius 3 is 3.05 bits per heavy atom. The summed E-state index contributed by atoms with van der Waals surface area (Å²) in [6.07, 6.45) is 3.82. The Balaban J connectivity index is 1.82. The lowest BCUT2D eigenvalue weighted by Crippen LogP contribution is -2.10. The number of hydrogen-bond acceptors (Lipinski definition) is 4. The molecule has 0 aliphatic rings. The monoisotopic (exact) mass is 294 g/mol. The average molecular weight is 295 g/mol. The molecular weight excluding hydrogens is 276 g/mol. The minimum absolute atomic E-state index is 0.0393. The van der Waals surface area contributed by atoms with Gasteiger partial charge in [-0.2, -0.15) is 0 Å². The lowest BCUT2D eigenvalue weighted by molar-refractivity contribution is 0.289. The van der Waals surface area contributed by atoms with Crippen LogP contribution in [0.2, 0.25) is 5.02 Å². The molecule has 0 saturated heterocycles. The molecule has 0 saturated carbocycles. The Kier molecular flexibility index (Phi) is 5.38. The van der Waals surface area contributed by atoms with Crippen LogP contribution < -0.4 is 10.5 Å². The zero-order valence-corrected chi connectivity index (χ0v) is 12.3. The lowest BCUT2D eigenvalue weighted by atomic mass is 10.1. The molecule has 0 aliphatic carbocycles. The van der Waals surface area contributed by atoms with Gasteiger partial charge in [0.25, 0.3) is 0 Å². The Morgan fingerprint density at radius 1 is 1.45 bits per heavy atom. The van der Waals surface area contributed by atoms with E-state index in [2.05, 4.69) is 17.2 Å². The molecule has 0 radical (unpaired) electrons. The first-order valence-corrected chi connectivity index (χ1v) is 7.11. The van der Waals surface area contributed by atoms with Gasteiger partial charge >= 0.3 is 0 Å². The first kappa shape index (κ1) is 14.8. The fraction of sp³-hybridized carbons (Fsp3) is 0.429. The van der Waals surface area contributed by atoms with Crippen LogP contribution in [0.25, 0.3) is 0 Å². The van der Waals surface area contributed by atoms with Crippen LogP contribution in [0.4, 0.5) is 0 Å². The highest BCUT2D eigenvalue weighted by molar-refractivity contribution is 6.30. The molecule has 6 heteroatoms. The molecule has 108 valence electrons. The van der Waals surface area contributed by atoms with E-state index in [1.807, 2.05) is 24.4 Å². The second-order valence-corrected chi connectivity index (χ2v) is 5.04. The van der Waals surface area contributed by atoms with Crippen molar-refractivity contribution in [1.82, 2.24) is 15.0 Å². The lowest BCUT2D eigenvalue weighted by Gasteiger charge is -2.06. The van der Waals surface area contributed by atoms with Crippen molar-refractivity contribution in [3.8, 4) is 5.75 Å². The maximum Gasteiger partial charge on any atom is 0.120 e. The van der Waals surface area contributed by atoms with Crippen LogP contribution in [0.5, 0.6) is 5.75 Å². The van der Waals surface area contributed by atoms with Crippen molar-refractivity contribution in [3.05, 3.63) is 41.2 Å². The molecule has 1 atom stereocenters. The summed E-state index contributed by atoms with van der Waals surface area (Å²) < 4.78 is 7.35. The molecule has 2 rings (SSSR count). The molecule has 1 unspecified atom stereocenters. The van der Waals surface area contributed by atoms with E-state index in [1.165, 1.54) is 0 Å². The normalized spacial score (nSPS) is 12.3. The number of hydrogen-bond donors (Lipinski definition) is 1. The molecular formula is C14H19ClN4O. The van der Waals surface area contributed by atoms with Crippen molar-refractivity contribution in [2.45, 2.75) is 32.4 Å². The number of nitrogens with zero attached hydrogens (tertiary/aromatic N) is 3. The summed E-state index contributed by atoms with van der Waals surface area (Å²) in [6, 6.07) is 7.28. The van der Waals surface area contributed by atoms with E-state index in [0.29, 0.717) is 18.2 Å². The summed E-state index contributed by atoms with van der Waals surface area (Å²) in [4.78, 5) is 0. The Labute approximate surface area is 123 Å². The van der Waals surface area contributed by atoms with Crippen molar-refractivity contribution < 1.29 is 4.74 Å². The molecule has 0 spiro atoms. The molecule has 0 fully saturated rings. The second-order valence-electron chi connectivity index (χ2n) is 4.61. The van der Waals surface area contributed by atoms with E-state index in [9.17, 15) is 0 Å². The molecule has 1 aromatic carbocycles. The van der Waals surface area contributed by atoms with Crippen molar-refractivity contribution in [1.29, 1.82) is 0 Å². The highest BCUT2D eigenvalue weighted by Gasteiger charge is 2.09. The number of ether oxygens (including phenoxy) is 1. The fourth-order valence-electron chi connectivity index (χ4n) is 1.87. The molecule has 1 heterocycles. The van der Waals surface area contributed by atoms with E-state index >= 15 is 0 Å². The van der Waals surface area contributed by atoms with Crippen LogP contribution in [0.1, 0.15) is 31.5 Å². The van der Waals surface area contributed by atoms with Gasteiger partial charge in [-0.1, -0.05) is 36.2 Å². The van der Waals surface area contributed by atoms with E-state index in [-0.39, 0.29) is 6.04 Å². The highest BCUT2D eigenvalue weighted by Crippen LogP contribution is 2.17. The summed E-state index contributed by atoms with van der Waals surface area (Å²) in [5, 5.41) is 8.80. The van der Waals surface area contributed by atoms with E-state index < -0.39 is 0 Å². The van der Waals surface area contributed by atoms with Gasteiger partial charge < -0.3 is 10.5 Å². The maximum atomic E-state index is 5.99. The third kappa shape index (κ3) is 4.21.